The van der Waals surface area contributed by atoms with Crippen molar-refractivity contribution in [3.63, 3.8) is 0 Å². The first-order valence-corrected chi connectivity index (χ1v) is 8.19. The minimum Gasteiger partial charge on any atom is -0.496 e. The van der Waals surface area contributed by atoms with E-state index in [0.29, 0.717) is 6.04 Å². The summed E-state index contributed by atoms with van der Waals surface area (Å²) in [5.74, 6) is 1.00. The van der Waals surface area contributed by atoms with Crippen LogP contribution < -0.4 is 4.74 Å². The molecule has 0 fully saturated rings. The third-order valence-electron chi connectivity index (χ3n) is 3.60. The van der Waals surface area contributed by atoms with E-state index in [2.05, 4.69) is 46.9 Å². The molecule has 2 nitrogen and oxygen atoms in total. The SMILES string of the molecule is COc1ccccc1CC(C)N(C)CCCCCBr. The third kappa shape index (κ3) is 5.96. The van der Waals surface area contributed by atoms with Gasteiger partial charge in [0.25, 0.3) is 0 Å². The Morgan fingerprint density at radius 3 is 2.63 bits per heavy atom. The Morgan fingerprint density at radius 1 is 1.21 bits per heavy atom. The Bertz CT molecular complexity index is 356. The number of benzene rings is 1. The summed E-state index contributed by atoms with van der Waals surface area (Å²) in [6.07, 6.45) is 4.89. The normalized spacial score (nSPS) is 12.7. The molecule has 0 radical (unpaired) electrons. The molecule has 1 aromatic carbocycles. The van der Waals surface area contributed by atoms with Crippen LogP contribution in [0.15, 0.2) is 24.3 Å². The van der Waals surface area contributed by atoms with Crippen LogP contribution in [0.1, 0.15) is 31.7 Å². The number of methoxy groups -OCH3 is 1. The maximum atomic E-state index is 5.42. The lowest BCUT2D eigenvalue weighted by atomic mass is 10.0. The average molecular weight is 328 g/mol. The van der Waals surface area contributed by atoms with Crippen LogP contribution in [0.3, 0.4) is 0 Å². The van der Waals surface area contributed by atoms with Crippen LogP contribution in [0.5, 0.6) is 5.75 Å². The van der Waals surface area contributed by atoms with Crippen LogP contribution in [0, 0.1) is 0 Å². The summed E-state index contributed by atoms with van der Waals surface area (Å²) < 4.78 is 5.42. The number of hydrogen-bond donors (Lipinski definition) is 0. The fourth-order valence-electron chi connectivity index (χ4n) is 2.20. The highest BCUT2D eigenvalue weighted by molar-refractivity contribution is 9.09. The van der Waals surface area contributed by atoms with Gasteiger partial charge in [0.1, 0.15) is 5.75 Å². The van der Waals surface area contributed by atoms with Gasteiger partial charge in [-0.05, 0) is 51.4 Å². The van der Waals surface area contributed by atoms with Gasteiger partial charge in [0.2, 0.25) is 0 Å². The van der Waals surface area contributed by atoms with Crippen molar-refractivity contribution in [2.75, 3.05) is 26.0 Å². The molecule has 0 saturated carbocycles. The maximum absolute atomic E-state index is 5.42. The molecular weight excluding hydrogens is 302 g/mol. The highest BCUT2D eigenvalue weighted by Gasteiger charge is 2.12. The first kappa shape index (κ1) is 16.5. The molecule has 0 amide bonds. The van der Waals surface area contributed by atoms with E-state index in [0.717, 1.165) is 17.5 Å². The predicted molar refractivity (Wildman–Crippen MR) is 86.4 cm³/mol. The summed E-state index contributed by atoms with van der Waals surface area (Å²) in [6, 6.07) is 8.85. The van der Waals surface area contributed by atoms with Crippen molar-refractivity contribution in [2.24, 2.45) is 0 Å². The van der Waals surface area contributed by atoms with E-state index in [1.165, 1.54) is 31.4 Å². The standard InChI is InChI=1S/C16H26BrNO/c1-14(18(2)12-8-4-7-11-17)13-15-9-5-6-10-16(15)19-3/h5-6,9-10,14H,4,7-8,11-13H2,1-3H3. The smallest absolute Gasteiger partial charge is 0.122 e. The number of alkyl halides is 1. The minimum absolute atomic E-state index is 0.542. The lowest BCUT2D eigenvalue weighted by Gasteiger charge is -2.25. The van der Waals surface area contributed by atoms with Gasteiger partial charge >= 0.3 is 0 Å². The van der Waals surface area contributed by atoms with Crippen molar-refractivity contribution in [1.29, 1.82) is 0 Å². The summed E-state index contributed by atoms with van der Waals surface area (Å²) >= 11 is 3.48. The molecule has 3 heteroatoms. The Hall–Kier alpha value is -0.540. The van der Waals surface area contributed by atoms with Gasteiger partial charge in [-0.25, -0.2) is 0 Å². The van der Waals surface area contributed by atoms with Gasteiger partial charge in [0, 0.05) is 11.4 Å². The summed E-state index contributed by atoms with van der Waals surface area (Å²) in [5, 5.41) is 1.12. The van der Waals surface area contributed by atoms with E-state index >= 15 is 0 Å². The molecule has 0 aliphatic carbocycles. The van der Waals surface area contributed by atoms with Crippen molar-refractivity contribution in [1.82, 2.24) is 4.90 Å². The van der Waals surface area contributed by atoms with E-state index < -0.39 is 0 Å². The fourth-order valence-corrected chi connectivity index (χ4v) is 2.60. The maximum Gasteiger partial charge on any atom is 0.122 e. The largest absolute Gasteiger partial charge is 0.496 e. The van der Waals surface area contributed by atoms with Gasteiger partial charge in [0.15, 0.2) is 0 Å². The van der Waals surface area contributed by atoms with Crippen LogP contribution in [0.2, 0.25) is 0 Å². The second kappa shape index (κ2) is 9.38. The van der Waals surface area contributed by atoms with Crippen LogP contribution >= 0.6 is 15.9 Å². The molecule has 0 bridgehead atoms. The van der Waals surface area contributed by atoms with Gasteiger partial charge in [-0.1, -0.05) is 40.5 Å². The minimum atomic E-state index is 0.542. The summed E-state index contributed by atoms with van der Waals surface area (Å²) in [6.45, 7) is 3.46. The van der Waals surface area contributed by atoms with Gasteiger partial charge in [-0.15, -0.1) is 0 Å². The van der Waals surface area contributed by atoms with Crippen LogP contribution in [0.25, 0.3) is 0 Å². The summed E-state index contributed by atoms with van der Waals surface area (Å²) in [7, 11) is 3.96. The Balaban J connectivity index is 2.42. The predicted octanol–water partition coefficient (Wildman–Crippen LogP) is 4.12. The molecule has 19 heavy (non-hydrogen) atoms. The van der Waals surface area contributed by atoms with E-state index in [1.54, 1.807) is 7.11 Å². The first-order valence-electron chi connectivity index (χ1n) is 7.07. The molecule has 0 aliphatic rings. The van der Waals surface area contributed by atoms with Crippen LogP contribution in [0.4, 0.5) is 0 Å². The quantitative estimate of drug-likeness (QED) is 0.499. The Labute approximate surface area is 126 Å². The average Bonchev–Trinajstić information content (AvgIpc) is 2.44. The Kier molecular flexibility index (Phi) is 8.15. The molecule has 1 atom stereocenters. The topological polar surface area (TPSA) is 12.5 Å². The van der Waals surface area contributed by atoms with Crippen molar-refractivity contribution >= 4 is 15.9 Å². The molecule has 0 N–H and O–H groups in total. The van der Waals surface area contributed by atoms with Gasteiger partial charge in [0.05, 0.1) is 7.11 Å². The number of halogens is 1. The molecule has 0 spiro atoms. The summed E-state index contributed by atoms with van der Waals surface area (Å²) in [5.41, 5.74) is 1.30. The second-order valence-corrected chi connectivity index (χ2v) is 5.89. The molecule has 0 aromatic heterocycles. The number of unbranched alkanes of at least 4 members (excludes halogenated alkanes) is 2. The number of hydrogen-bond acceptors (Lipinski definition) is 2. The number of nitrogens with zero attached hydrogens (tertiary/aromatic N) is 1. The third-order valence-corrected chi connectivity index (χ3v) is 4.17. The molecule has 1 unspecified atom stereocenters. The fraction of sp³-hybridized carbons (Fsp3) is 0.625. The highest BCUT2D eigenvalue weighted by atomic mass is 79.9. The lowest BCUT2D eigenvalue weighted by molar-refractivity contribution is 0.249. The number of rotatable bonds is 9. The molecule has 1 rings (SSSR count). The number of ether oxygens (including phenoxy) is 1. The van der Waals surface area contributed by atoms with Crippen molar-refractivity contribution < 1.29 is 4.74 Å². The van der Waals surface area contributed by atoms with Crippen LogP contribution in [-0.4, -0.2) is 37.0 Å². The zero-order valence-corrected chi connectivity index (χ0v) is 13.9. The molecule has 0 aliphatic heterocycles. The molecule has 0 saturated heterocycles. The van der Waals surface area contributed by atoms with Crippen molar-refractivity contribution in [3.05, 3.63) is 29.8 Å². The van der Waals surface area contributed by atoms with E-state index in [-0.39, 0.29) is 0 Å². The van der Waals surface area contributed by atoms with Gasteiger partial charge < -0.3 is 9.64 Å². The molecule has 0 heterocycles. The lowest BCUT2D eigenvalue weighted by Crippen LogP contribution is -2.31. The summed E-state index contributed by atoms with van der Waals surface area (Å²) in [4.78, 5) is 2.45. The van der Waals surface area contributed by atoms with E-state index in [9.17, 15) is 0 Å². The van der Waals surface area contributed by atoms with E-state index in [4.69, 9.17) is 4.74 Å². The van der Waals surface area contributed by atoms with Gasteiger partial charge in [-0.2, -0.15) is 0 Å². The number of likely N-dealkylation sites (N-methyl/N-ethyl adjacent to an activating group) is 1. The molecular formula is C16H26BrNO. The zero-order chi connectivity index (χ0) is 14.1. The second-order valence-electron chi connectivity index (χ2n) is 5.10. The zero-order valence-electron chi connectivity index (χ0n) is 12.4. The Morgan fingerprint density at radius 2 is 1.95 bits per heavy atom. The van der Waals surface area contributed by atoms with Gasteiger partial charge in [-0.3, -0.25) is 0 Å². The van der Waals surface area contributed by atoms with E-state index in [1.807, 2.05) is 12.1 Å². The first-order chi connectivity index (χ1) is 9.19. The molecule has 1 aromatic rings. The molecule has 108 valence electrons. The van der Waals surface area contributed by atoms with Crippen molar-refractivity contribution in [2.45, 2.75) is 38.6 Å². The monoisotopic (exact) mass is 327 g/mol. The van der Waals surface area contributed by atoms with Crippen LogP contribution in [-0.2, 0) is 6.42 Å². The number of para-hydroxylation sites is 1. The highest BCUT2D eigenvalue weighted by Crippen LogP contribution is 2.20. The van der Waals surface area contributed by atoms with Crippen molar-refractivity contribution in [3.8, 4) is 5.75 Å².